The molecule has 1 aromatic rings. The normalized spacial score (nSPS) is 23.6. The third-order valence-corrected chi connectivity index (χ3v) is 4.13. The summed E-state index contributed by atoms with van der Waals surface area (Å²) < 4.78 is 0. The molecule has 3 N–H and O–H groups in total. The molecule has 0 amide bonds. The fourth-order valence-electron chi connectivity index (χ4n) is 2.77. The number of nitrogens with zero attached hydrogens (tertiary/aromatic N) is 2. The fourth-order valence-corrected chi connectivity index (χ4v) is 2.77. The molecule has 1 heterocycles. The second-order valence-electron chi connectivity index (χ2n) is 7.27. The average Bonchev–Trinajstić information content (AvgIpc) is 2.33. The van der Waals surface area contributed by atoms with Gasteiger partial charge in [0.2, 0.25) is 0 Å². The maximum Gasteiger partial charge on any atom is 0.138 e. The van der Waals surface area contributed by atoms with Gasteiger partial charge in [0.05, 0.1) is 0 Å². The second-order valence-corrected chi connectivity index (χ2v) is 7.27. The van der Waals surface area contributed by atoms with Crippen molar-refractivity contribution in [3.63, 3.8) is 0 Å². The Balaban J connectivity index is 2.24. The van der Waals surface area contributed by atoms with Crippen LogP contribution in [0.3, 0.4) is 0 Å². The predicted octanol–water partition coefficient (Wildman–Crippen LogP) is 3.66. The molecule has 1 aromatic heterocycles. The largest absolute Gasteiger partial charge is 0.383 e. The molecule has 1 fully saturated rings. The summed E-state index contributed by atoms with van der Waals surface area (Å²) in [6, 6.07) is 0.513. The monoisotopic (exact) mass is 276 g/mol. The van der Waals surface area contributed by atoms with Crippen LogP contribution in [-0.4, -0.2) is 16.0 Å². The molecule has 20 heavy (non-hydrogen) atoms. The Morgan fingerprint density at radius 2 is 1.90 bits per heavy atom. The van der Waals surface area contributed by atoms with Crippen LogP contribution in [0.5, 0.6) is 0 Å². The molecule has 1 saturated carbocycles. The van der Waals surface area contributed by atoms with E-state index in [0.717, 1.165) is 23.1 Å². The predicted molar refractivity (Wildman–Crippen MR) is 84.9 cm³/mol. The van der Waals surface area contributed by atoms with Gasteiger partial charge in [-0.3, -0.25) is 0 Å². The Hall–Kier alpha value is -1.32. The first kappa shape index (κ1) is 15.1. The van der Waals surface area contributed by atoms with Crippen molar-refractivity contribution in [3.05, 3.63) is 11.4 Å². The van der Waals surface area contributed by atoms with E-state index in [1.165, 1.54) is 25.7 Å². The Morgan fingerprint density at radius 3 is 2.50 bits per heavy atom. The van der Waals surface area contributed by atoms with Crippen LogP contribution in [0.1, 0.15) is 64.8 Å². The Kier molecular flexibility index (Phi) is 4.21. The maximum atomic E-state index is 6.06. The van der Waals surface area contributed by atoms with E-state index in [4.69, 9.17) is 10.7 Å². The molecule has 1 aliphatic carbocycles. The summed E-state index contributed by atoms with van der Waals surface area (Å²) in [7, 11) is 0. The zero-order valence-corrected chi connectivity index (χ0v) is 13.5. The van der Waals surface area contributed by atoms with E-state index < -0.39 is 0 Å². The average molecular weight is 276 g/mol. The smallest absolute Gasteiger partial charge is 0.138 e. The minimum absolute atomic E-state index is 0.0852. The van der Waals surface area contributed by atoms with Gasteiger partial charge >= 0.3 is 0 Å². The molecular formula is C16H28N4. The number of nitrogens with two attached hydrogens (primary N) is 1. The first-order valence-corrected chi connectivity index (χ1v) is 7.68. The lowest BCUT2D eigenvalue weighted by molar-refractivity contribution is 0.358. The molecule has 0 saturated heterocycles. The molecule has 0 aromatic carbocycles. The lowest BCUT2D eigenvalue weighted by Gasteiger charge is -2.29. The van der Waals surface area contributed by atoms with Crippen LogP contribution in [-0.2, 0) is 5.41 Å². The van der Waals surface area contributed by atoms with Gasteiger partial charge in [-0.05, 0) is 25.7 Å². The van der Waals surface area contributed by atoms with Crippen LogP contribution in [0.4, 0.5) is 11.6 Å². The maximum absolute atomic E-state index is 6.06. The fraction of sp³-hybridized carbons (Fsp3) is 0.750. The molecule has 2 unspecified atom stereocenters. The van der Waals surface area contributed by atoms with Crippen molar-refractivity contribution >= 4 is 11.6 Å². The number of nitrogens with one attached hydrogen (secondary N) is 1. The lowest BCUT2D eigenvalue weighted by atomic mass is 9.87. The summed E-state index contributed by atoms with van der Waals surface area (Å²) in [5, 5.41) is 3.60. The van der Waals surface area contributed by atoms with E-state index in [-0.39, 0.29) is 5.41 Å². The van der Waals surface area contributed by atoms with Crippen molar-refractivity contribution in [1.29, 1.82) is 0 Å². The number of rotatable bonds is 2. The SMILES string of the molecule is Cc1c(N)nc(C(C)(C)C)nc1NC1CCCC(C)C1. The molecule has 0 bridgehead atoms. The third-order valence-electron chi connectivity index (χ3n) is 4.13. The van der Waals surface area contributed by atoms with E-state index in [9.17, 15) is 0 Å². The lowest BCUT2D eigenvalue weighted by Crippen LogP contribution is -2.28. The first-order valence-electron chi connectivity index (χ1n) is 7.68. The van der Waals surface area contributed by atoms with Crippen LogP contribution in [0.2, 0.25) is 0 Å². The molecule has 2 atom stereocenters. The van der Waals surface area contributed by atoms with Gasteiger partial charge in [0.25, 0.3) is 0 Å². The standard InChI is InChI=1S/C16H28N4/c1-10-7-6-8-12(9-10)18-14-11(2)13(17)19-15(20-14)16(3,4)5/h10,12H,6-9H2,1-5H3,(H3,17,18,19,20). The van der Waals surface area contributed by atoms with Crippen LogP contribution in [0.25, 0.3) is 0 Å². The molecule has 0 aliphatic heterocycles. The molecule has 1 aliphatic rings. The minimum atomic E-state index is -0.0852. The van der Waals surface area contributed by atoms with Gasteiger partial charge in [-0.1, -0.05) is 40.5 Å². The van der Waals surface area contributed by atoms with Gasteiger partial charge in [-0.25, -0.2) is 9.97 Å². The van der Waals surface area contributed by atoms with Gasteiger partial charge < -0.3 is 11.1 Å². The molecule has 0 radical (unpaired) electrons. The summed E-state index contributed by atoms with van der Waals surface area (Å²) >= 11 is 0. The summed E-state index contributed by atoms with van der Waals surface area (Å²) in [4.78, 5) is 9.16. The highest BCUT2D eigenvalue weighted by Crippen LogP contribution is 2.29. The summed E-state index contributed by atoms with van der Waals surface area (Å²) in [6.45, 7) is 10.7. The summed E-state index contributed by atoms with van der Waals surface area (Å²) in [6.07, 6.45) is 5.08. The van der Waals surface area contributed by atoms with Crippen molar-refractivity contribution in [2.75, 3.05) is 11.1 Å². The van der Waals surface area contributed by atoms with Crippen molar-refractivity contribution in [3.8, 4) is 0 Å². The Morgan fingerprint density at radius 1 is 1.20 bits per heavy atom. The van der Waals surface area contributed by atoms with E-state index in [2.05, 4.69) is 38.0 Å². The quantitative estimate of drug-likeness (QED) is 0.865. The molecule has 112 valence electrons. The highest BCUT2D eigenvalue weighted by Gasteiger charge is 2.23. The number of hydrogen-bond donors (Lipinski definition) is 2. The molecule has 4 heteroatoms. The van der Waals surface area contributed by atoms with Crippen LogP contribution >= 0.6 is 0 Å². The van der Waals surface area contributed by atoms with Gasteiger partial charge in [-0.15, -0.1) is 0 Å². The van der Waals surface area contributed by atoms with Crippen LogP contribution in [0, 0.1) is 12.8 Å². The number of hydrogen-bond acceptors (Lipinski definition) is 4. The van der Waals surface area contributed by atoms with E-state index >= 15 is 0 Å². The van der Waals surface area contributed by atoms with Gasteiger partial charge in [0, 0.05) is 17.0 Å². The zero-order chi connectivity index (χ0) is 14.9. The van der Waals surface area contributed by atoms with Crippen molar-refractivity contribution in [1.82, 2.24) is 9.97 Å². The molecule has 0 spiro atoms. The van der Waals surface area contributed by atoms with Gasteiger partial charge in [0.1, 0.15) is 17.5 Å². The van der Waals surface area contributed by atoms with E-state index in [1.54, 1.807) is 0 Å². The van der Waals surface area contributed by atoms with E-state index in [0.29, 0.717) is 11.9 Å². The van der Waals surface area contributed by atoms with E-state index in [1.807, 2.05) is 6.92 Å². The van der Waals surface area contributed by atoms with Crippen molar-refractivity contribution in [2.45, 2.75) is 71.8 Å². The second kappa shape index (κ2) is 5.58. The zero-order valence-electron chi connectivity index (χ0n) is 13.5. The summed E-state index contributed by atoms with van der Waals surface area (Å²) in [5.74, 6) is 3.12. The highest BCUT2D eigenvalue weighted by atomic mass is 15.1. The molecule has 4 nitrogen and oxygen atoms in total. The first-order chi connectivity index (χ1) is 9.27. The summed E-state index contributed by atoms with van der Waals surface area (Å²) in [5.41, 5.74) is 6.94. The van der Waals surface area contributed by atoms with Crippen molar-refractivity contribution in [2.24, 2.45) is 5.92 Å². The highest BCUT2D eigenvalue weighted by molar-refractivity contribution is 5.55. The van der Waals surface area contributed by atoms with Crippen LogP contribution in [0.15, 0.2) is 0 Å². The van der Waals surface area contributed by atoms with Gasteiger partial charge in [-0.2, -0.15) is 0 Å². The number of aromatic nitrogens is 2. The Labute approximate surface area is 122 Å². The minimum Gasteiger partial charge on any atom is -0.383 e. The third kappa shape index (κ3) is 3.41. The number of nitrogen functional groups attached to an aromatic ring is 1. The van der Waals surface area contributed by atoms with Crippen LogP contribution < -0.4 is 11.1 Å². The Bertz CT molecular complexity index is 476. The topological polar surface area (TPSA) is 63.8 Å². The van der Waals surface area contributed by atoms with Gasteiger partial charge in [0.15, 0.2) is 0 Å². The molecule has 2 rings (SSSR count). The number of anilines is 2. The molecular weight excluding hydrogens is 248 g/mol. The van der Waals surface area contributed by atoms with Crippen molar-refractivity contribution < 1.29 is 0 Å².